The lowest BCUT2D eigenvalue weighted by Gasteiger charge is -2.39. The number of fused-ring (bicyclic) bond motifs is 1. The number of halogens is 1. The van der Waals surface area contributed by atoms with Gasteiger partial charge in [-0.2, -0.15) is 0 Å². The Morgan fingerprint density at radius 2 is 1.69 bits per heavy atom. The van der Waals surface area contributed by atoms with Gasteiger partial charge in [-0.3, -0.25) is 4.98 Å². The van der Waals surface area contributed by atoms with Crippen molar-refractivity contribution < 1.29 is 4.74 Å². The van der Waals surface area contributed by atoms with Crippen LogP contribution in [-0.4, -0.2) is 22.8 Å². The van der Waals surface area contributed by atoms with Crippen LogP contribution in [0.2, 0.25) is 0 Å². The zero-order chi connectivity index (χ0) is 21.9. The number of pyridine rings is 1. The summed E-state index contributed by atoms with van der Waals surface area (Å²) >= 11 is 3.66. The summed E-state index contributed by atoms with van der Waals surface area (Å²) in [6.45, 7) is 0.636. The number of benzene rings is 3. The molecule has 0 spiro atoms. The van der Waals surface area contributed by atoms with Crippen LogP contribution in [0.25, 0.3) is 0 Å². The maximum Gasteiger partial charge on any atom is 0.137 e. The first-order valence-corrected chi connectivity index (χ1v) is 11.3. The number of methoxy groups -OCH3 is 1. The first-order chi connectivity index (χ1) is 15.7. The summed E-state index contributed by atoms with van der Waals surface area (Å²) in [5.74, 6) is 1.74. The fourth-order valence-corrected chi connectivity index (χ4v) is 4.49. The average molecular weight is 484 g/mol. The van der Waals surface area contributed by atoms with Crippen LogP contribution < -0.4 is 4.74 Å². The number of rotatable bonds is 5. The first-order valence-electron chi connectivity index (χ1n) is 10.5. The van der Waals surface area contributed by atoms with Gasteiger partial charge < -0.3 is 9.64 Å². The largest absolute Gasteiger partial charge is 0.497 e. The SMILES string of the molecule is COc1ccc(C2=Nc3ccc(Br)cc3C(c3ccccc3)N2Cc2ccccn2)cc1. The molecule has 158 valence electrons. The maximum absolute atomic E-state index is 5.37. The zero-order valence-electron chi connectivity index (χ0n) is 17.6. The third-order valence-corrected chi connectivity index (χ3v) is 6.11. The van der Waals surface area contributed by atoms with Crippen molar-refractivity contribution in [2.45, 2.75) is 12.6 Å². The van der Waals surface area contributed by atoms with E-state index in [-0.39, 0.29) is 6.04 Å². The van der Waals surface area contributed by atoms with Gasteiger partial charge in [-0.25, -0.2) is 4.99 Å². The van der Waals surface area contributed by atoms with Crippen LogP contribution in [0.4, 0.5) is 5.69 Å². The molecule has 0 aliphatic carbocycles. The van der Waals surface area contributed by atoms with Crippen LogP contribution in [0.15, 0.2) is 107 Å². The predicted octanol–water partition coefficient (Wildman–Crippen LogP) is 6.54. The van der Waals surface area contributed by atoms with E-state index in [1.807, 2.05) is 36.5 Å². The highest BCUT2D eigenvalue weighted by Crippen LogP contribution is 2.42. The highest BCUT2D eigenvalue weighted by Gasteiger charge is 2.32. The highest BCUT2D eigenvalue weighted by molar-refractivity contribution is 9.10. The van der Waals surface area contributed by atoms with Crippen molar-refractivity contribution in [2.75, 3.05) is 7.11 Å². The topological polar surface area (TPSA) is 37.7 Å². The smallest absolute Gasteiger partial charge is 0.137 e. The molecule has 2 heterocycles. The molecule has 0 bridgehead atoms. The van der Waals surface area contributed by atoms with E-state index in [9.17, 15) is 0 Å². The zero-order valence-corrected chi connectivity index (χ0v) is 19.2. The predicted molar refractivity (Wildman–Crippen MR) is 131 cm³/mol. The molecule has 0 saturated heterocycles. The molecule has 3 aromatic carbocycles. The molecule has 0 N–H and O–H groups in total. The summed E-state index contributed by atoms with van der Waals surface area (Å²) in [5.41, 5.74) is 5.39. The Hall–Kier alpha value is -3.44. The van der Waals surface area contributed by atoms with E-state index in [2.05, 4.69) is 86.5 Å². The lowest BCUT2D eigenvalue weighted by Crippen LogP contribution is -2.38. The molecule has 4 nitrogen and oxygen atoms in total. The molecule has 1 aromatic heterocycles. The van der Waals surface area contributed by atoms with Crippen LogP contribution in [0, 0.1) is 0 Å². The van der Waals surface area contributed by atoms with Crippen molar-refractivity contribution in [1.29, 1.82) is 0 Å². The number of aromatic nitrogens is 1. The Balaban J connectivity index is 1.71. The van der Waals surface area contributed by atoms with Gasteiger partial charge >= 0.3 is 0 Å². The van der Waals surface area contributed by atoms with Gasteiger partial charge in [-0.1, -0.05) is 52.3 Å². The monoisotopic (exact) mass is 483 g/mol. The third kappa shape index (κ3) is 4.04. The highest BCUT2D eigenvalue weighted by atomic mass is 79.9. The van der Waals surface area contributed by atoms with Crippen molar-refractivity contribution in [3.05, 3.63) is 124 Å². The van der Waals surface area contributed by atoms with Gasteiger partial charge in [0.05, 0.1) is 31.1 Å². The molecule has 5 rings (SSSR count). The Morgan fingerprint density at radius 3 is 2.41 bits per heavy atom. The molecule has 5 heteroatoms. The van der Waals surface area contributed by atoms with Gasteiger partial charge in [-0.15, -0.1) is 0 Å². The molecule has 1 aliphatic rings. The lowest BCUT2D eigenvalue weighted by atomic mass is 9.92. The van der Waals surface area contributed by atoms with Crippen molar-refractivity contribution in [1.82, 2.24) is 9.88 Å². The number of amidine groups is 1. The quantitative estimate of drug-likeness (QED) is 0.323. The second-order valence-corrected chi connectivity index (χ2v) is 8.54. The molecular formula is C27H22BrN3O. The van der Waals surface area contributed by atoms with Crippen LogP contribution >= 0.6 is 15.9 Å². The van der Waals surface area contributed by atoms with Crippen molar-refractivity contribution >= 4 is 27.5 Å². The Bertz CT molecular complexity index is 1240. The summed E-state index contributed by atoms with van der Waals surface area (Å²) in [6, 6.07) is 31.0. The summed E-state index contributed by atoms with van der Waals surface area (Å²) in [7, 11) is 1.68. The van der Waals surface area contributed by atoms with Crippen LogP contribution in [0.3, 0.4) is 0 Å². The summed E-state index contributed by atoms with van der Waals surface area (Å²) in [4.78, 5) is 12.1. The van der Waals surface area contributed by atoms with Gasteiger partial charge in [0.2, 0.25) is 0 Å². The summed E-state index contributed by atoms with van der Waals surface area (Å²) in [6.07, 6.45) is 1.84. The van der Waals surface area contributed by atoms with Crippen molar-refractivity contribution in [2.24, 2.45) is 4.99 Å². The summed E-state index contributed by atoms with van der Waals surface area (Å²) < 4.78 is 6.41. The molecule has 0 saturated carbocycles. The van der Waals surface area contributed by atoms with Gasteiger partial charge in [0.15, 0.2) is 0 Å². The van der Waals surface area contributed by atoms with Gasteiger partial charge in [0, 0.05) is 21.8 Å². The summed E-state index contributed by atoms with van der Waals surface area (Å²) in [5, 5.41) is 0. The van der Waals surface area contributed by atoms with E-state index in [0.717, 1.165) is 33.0 Å². The first kappa shape index (κ1) is 20.5. The van der Waals surface area contributed by atoms with Crippen LogP contribution in [-0.2, 0) is 6.54 Å². The molecular weight excluding hydrogens is 462 g/mol. The van der Waals surface area contributed by atoms with Gasteiger partial charge in [0.1, 0.15) is 11.6 Å². The van der Waals surface area contributed by atoms with Gasteiger partial charge in [-0.05, 0) is 60.2 Å². The molecule has 4 aromatic rings. The van der Waals surface area contributed by atoms with E-state index in [4.69, 9.17) is 9.73 Å². The van der Waals surface area contributed by atoms with E-state index in [1.165, 1.54) is 11.1 Å². The second-order valence-electron chi connectivity index (χ2n) is 7.63. The lowest BCUT2D eigenvalue weighted by molar-refractivity contribution is 0.341. The molecule has 0 amide bonds. The van der Waals surface area contributed by atoms with Crippen LogP contribution in [0.1, 0.15) is 28.4 Å². The Morgan fingerprint density at radius 1 is 0.906 bits per heavy atom. The van der Waals surface area contributed by atoms with E-state index in [1.54, 1.807) is 7.11 Å². The number of ether oxygens (including phenoxy) is 1. The fraction of sp³-hybridized carbons (Fsp3) is 0.111. The molecule has 32 heavy (non-hydrogen) atoms. The fourth-order valence-electron chi connectivity index (χ4n) is 4.11. The standard InChI is InChI=1S/C27H22BrN3O/c1-32-23-13-10-20(11-14-23)27-30-25-15-12-21(28)17-24(25)26(19-7-3-2-4-8-19)31(27)18-22-9-5-6-16-29-22/h2-17,26H,18H2,1H3. The number of hydrogen-bond acceptors (Lipinski definition) is 4. The second kappa shape index (κ2) is 8.97. The minimum absolute atomic E-state index is 0.000285. The van der Waals surface area contributed by atoms with Crippen molar-refractivity contribution in [3.63, 3.8) is 0 Å². The minimum Gasteiger partial charge on any atom is -0.497 e. The molecule has 1 aliphatic heterocycles. The minimum atomic E-state index is 0.000285. The maximum atomic E-state index is 5.37. The van der Waals surface area contributed by atoms with E-state index in [0.29, 0.717) is 6.54 Å². The number of aliphatic imine (C=N–C) groups is 1. The van der Waals surface area contributed by atoms with Gasteiger partial charge in [0.25, 0.3) is 0 Å². The number of nitrogens with zero attached hydrogens (tertiary/aromatic N) is 3. The van der Waals surface area contributed by atoms with Crippen molar-refractivity contribution in [3.8, 4) is 5.75 Å². The number of hydrogen-bond donors (Lipinski definition) is 0. The van der Waals surface area contributed by atoms with Crippen LogP contribution in [0.5, 0.6) is 5.75 Å². The normalized spacial score (nSPS) is 15.1. The third-order valence-electron chi connectivity index (χ3n) is 5.62. The average Bonchev–Trinajstić information content (AvgIpc) is 2.85. The van der Waals surface area contributed by atoms with E-state index >= 15 is 0 Å². The molecule has 1 atom stereocenters. The Labute approximate surface area is 196 Å². The Kier molecular flexibility index (Phi) is 5.73. The van der Waals surface area contributed by atoms with E-state index < -0.39 is 0 Å². The molecule has 1 unspecified atom stereocenters. The molecule has 0 radical (unpaired) electrons. The molecule has 0 fully saturated rings.